The van der Waals surface area contributed by atoms with Gasteiger partial charge < -0.3 is 14.8 Å². The van der Waals surface area contributed by atoms with Gasteiger partial charge in [0.1, 0.15) is 5.75 Å². The molecule has 0 unspecified atom stereocenters. The molecule has 0 aromatic heterocycles. The average Bonchev–Trinajstić information content (AvgIpc) is 2.48. The molecule has 4 nitrogen and oxygen atoms in total. The molecule has 1 aliphatic rings. The van der Waals surface area contributed by atoms with Crippen LogP contribution in [-0.2, 0) is 6.54 Å². The molecule has 1 aliphatic heterocycles. The summed E-state index contributed by atoms with van der Waals surface area (Å²) in [5, 5.41) is 18.6. The lowest BCUT2D eigenvalue weighted by Gasteiger charge is -2.31. The molecule has 110 valence electrons. The first-order valence-corrected chi connectivity index (χ1v) is 7.39. The molecule has 1 aromatic rings. The molecule has 1 heterocycles. The first-order valence-electron chi connectivity index (χ1n) is 7.39. The number of nitrogens with zero attached hydrogens (tertiary/aromatic N) is 1. The van der Waals surface area contributed by atoms with Crippen LogP contribution in [0.25, 0.3) is 0 Å². The summed E-state index contributed by atoms with van der Waals surface area (Å²) >= 11 is 0. The SMILES string of the molecule is CCC1CCN(Cc2cc(B(O)O)ccc2OC)CC1. The van der Waals surface area contributed by atoms with Gasteiger partial charge in [0.25, 0.3) is 0 Å². The number of ether oxygens (including phenoxy) is 1. The van der Waals surface area contributed by atoms with Crippen molar-refractivity contribution in [2.75, 3.05) is 20.2 Å². The molecule has 0 atom stereocenters. The van der Waals surface area contributed by atoms with E-state index >= 15 is 0 Å². The second-order valence-corrected chi connectivity index (χ2v) is 5.57. The van der Waals surface area contributed by atoms with Crippen LogP contribution >= 0.6 is 0 Å². The summed E-state index contributed by atoms with van der Waals surface area (Å²) in [4.78, 5) is 2.41. The number of methoxy groups -OCH3 is 1. The Hall–Kier alpha value is -1.04. The van der Waals surface area contributed by atoms with Gasteiger partial charge in [-0.2, -0.15) is 0 Å². The number of benzene rings is 1. The topological polar surface area (TPSA) is 52.9 Å². The van der Waals surface area contributed by atoms with Crippen molar-refractivity contribution < 1.29 is 14.8 Å². The van der Waals surface area contributed by atoms with Gasteiger partial charge in [-0.05, 0) is 43.4 Å². The fourth-order valence-electron chi connectivity index (χ4n) is 2.88. The van der Waals surface area contributed by atoms with Crippen molar-refractivity contribution >= 4 is 12.6 Å². The molecular formula is C15H24BNO3. The van der Waals surface area contributed by atoms with E-state index in [2.05, 4.69) is 11.8 Å². The molecule has 1 saturated heterocycles. The highest BCUT2D eigenvalue weighted by Crippen LogP contribution is 2.24. The van der Waals surface area contributed by atoms with E-state index in [1.54, 1.807) is 13.2 Å². The van der Waals surface area contributed by atoms with E-state index in [1.165, 1.54) is 19.3 Å². The van der Waals surface area contributed by atoms with Crippen molar-refractivity contribution in [2.24, 2.45) is 5.92 Å². The number of rotatable bonds is 5. The third-order valence-corrected chi connectivity index (χ3v) is 4.28. The van der Waals surface area contributed by atoms with E-state index in [9.17, 15) is 10.0 Å². The van der Waals surface area contributed by atoms with Gasteiger partial charge in [0.2, 0.25) is 0 Å². The third-order valence-electron chi connectivity index (χ3n) is 4.28. The molecule has 0 spiro atoms. The van der Waals surface area contributed by atoms with Gasteiger partial charge in [-0.1, -0.05) is 25.5 Å². The highest BCUT2D eigenvalue weighted by Gasteiger charge is 2.20. The lowest BCUT2D eigenvalue weighted by molar-refractivity contribution is 0.173. The maximum absolute atomic E-state index is 9.29. The van der Waals surface area contributed by atoms with Crippen molar-refractivity contribution in [1.82, 2.24) is 4.90 Å². The van der Waals surface area contributed by atoms with Gasteiger partial charge in [-0.3, -0.25) is 4.90 Å². The van der Waals surface area contributed by atoms with Crippen LogP contribution in [0.2, 0.25) is 0 Å². The summed E-state index contributed by atoms with van der Waals surface area (Å²) in [5.41, 5.74) is 1.54. The van der Waals surface area contributed by atoms with Gasteiger partial charge in [-0.15, -0.1) is 0 Å². The zero-order valence-corrected chi connectivity index (χ0v) is 12.4. The Morgan fingerprint density at radius 1 is 1.30 bits per heavy atom. The Kier molecular flexibility index (Phi) is 5.46. The third kappa shape index (κ3) is 3.75. The van der Waals surface area contributed by atoms with Crippen LogP contribution in [0, 0.1) is 5.92 Å². The molecule has 0 aliphatic carbocycles. The minimum atomic E-state index is -1.43. The smallest absolute Gasteiger partial charge is 0.488 e. The highest BCUT2D eigenvalue weighted by atomic mass is 16.5. The average molecular weight is 277 g/mol. The Morgan fingerprint density at radius 2 is 2.00 bits per heavy atom. The normalized spacial score (nSPS) is 17.2. The Bertz CT molecular complexity index is 431. The molecule has 5 heteroatoms. The Labute approximate surface area is 121 Å². The van der Waals surface area contributed by atoms with E-state index in [4.69, 9.17) is 4.74 Å². The van der Waals surface area contributed by atoms with Crippen molar-refractivity contribution in [2.45, 2.75) is 32.7 Å². The first kappa shape index (κ1) is 15.4. The van der Waals surface area contributed by atoms with E-state index in [0.717, 1.165) is 36.9 Å². The van der Waals surface area contributed by atoms with E-state index in [0.29, 0.717) is 5.46 Å². The summed E-state index contributed by atoms with van der Waals surface area (Å²) in [6, 6.07) is 5.33. The maximum atomic E-state index is 9.29. The zero-order valence-electron chi connectivity index (χ0n) is 12.4. The summed E-state index contributed by atoms with van der Waals surface area (Å²) in [7, 11) is 0.225. The highest BCUT2D eigenvalue weighted by molar-refractivity contribution is 6.58. The monoisotopic (exact) mass is 277 g/mol. The van der Waals surface area contributed by atoms with Gasteiger partial charge in [0.05, 0.1) is 7.11 Å². The van der Waals surface area contributed by atoms with Crippen LogP contribution in [0.5, 0.6) is 5.75 Å². The van der Waals surface area contributed by atoms with Gasteiger partial charge in [-0.25, -0.2) is 0 Å². The lowest BCUT2D eigenvalue weighted by Crippen LogP contribution is -2.34. The predicted octanol–water partition coefficient (Wildman–Crippen LogP) is 0.997. The minimum absolute atomic E-state index is 0.518. The number of likely N-dealkylation sites (tertiary alicyclic amines) is 1. The second kappa shape index (κ2) is 7.11. The van der Waals surface area contributed by atoms with E-state index in [-0.39, 0.29) is 0 Å². The Balaban J connectivity index is 2.06. The standard InChI is InChI=1S/C15H24BNO3/c1-3-12-6-8-17(9-7-12)11-13-10-14(16(18)19)4-5-15(13)20-2/h4-5,10,12,18-19H,3,6-9,11H2,1-2H3. The van der Waals surface area contributed by atoms with Crippen LogP contribution < -0.4 is 10.2 Å². The molecular weight excluding hydrogens is 253 g/mol. The van der Waals surface area contributed by atoms with Crippen molar-refractivity contribution in [3.05, 3.63) is 23.8 Å². The maximum Gasteiger partial charge on any atom is 0.488 e. The predicted molar refractivity (Wildman–Crippen MR) is 81.1 cm³/mol. The van der Waals surface area contributed by atoms with Gasteiger partial charge in [0, 0.05) is 12.1 Å². The summed E-state index contributed by atoms with van der Waals surface area (Å²) in [5.74, 6) is 1.67. The van der Waals surface area contributed by atoms with Crippen molar-refractivity contribution in [3.8, 4) is 5.75 Å². The summed E-state index contributed by atoms with van der Waals surface area (Å²) in [6.45, 7) is 5.27. The van der Waals surface area contributed by atoms with Gasteiger partial charge >= 0.3 is 7.12 Å². The van der Waals surface area contributed by atoms with Crippen LogP contribution in [0.3, 0.4) is 0 Å². The molecule has 1 aromatic carbocycles. The molecule has 1 fully saturated rings. The summed E-state index contributed by atoms with van der Waals surface area (Å²) in [6.07, 6.45) is 3.77. The van der Waals surface area contributed by atoms with E-state index in [1.807, 2.05) is 12.1 Å². The first-order chi connectivity index (χ1) is 9.63. The second-order valence-electron chi connectivity index (χ2n) is 5.57. The van der Waals surface area contributed by atoms with Crippen LogP contribution in [-0.4, -0.2) is 42.3 Å². The molecule has 0 saturated carbocycles. The molecule has 2 N–H and O–H groups in total. The lowest BCUT2D eigenvalue weighted by atomic mass is 9.79. The van der Waals surface area contributed by atoms with Gasteiger partial charge in [0.15, 0.2) is 0 Å². The molecule has 0 radical (unpaired) electrons. The largest absolute Gasteiger partial charge is 0.496 e. The molecule has 0 amide bonds. The minimum Gasteiger partial charge on any atom is -0.496 e. The number of piperidine rings is 1. The van der Waals surface area contributed by atoms with Crippen molar-refractivity contribution in [1.29, 1.82) is 0 Å². The van der Waals surface area contributed by atoms with Crippen LogP contribution in [0.15, 0.2) is 18.2 Å². The Morgan fingerprint density at radius 3 is 2.55 bits per heavy atom. The molecule has 2 rings (SSSR count). The zero-order chi connectivity index (χ0) is 14.5. The molecule has 0 bridgehead atoms. The van der Waals surface area contributed by atoms with Crippen molar-refractivity contribution in [3.63, 3.8) is 0 Å². The molecule has 20 heavy (non-hydrogen) atoms. The number of hydrogen-bond acceptors (Lipinski definition) is 4. The number of hydrogen-bond donors (Lipinski definition) is 2. The fraction of sp³-hybridized carbons (Fsp3) is 0.600. The quantitative estimate of drug-likeness (QED) is 0.788. The van der Waals surface area contributed by atoms with Crippen LogP contribution in [0.1, 0.15) is 31.7 Å². The van der Waals surface area contributed by atoms with Crippen LogP contribution in [0.4, 0.5) is 0 Å². The van der Waals surface area contributed by atoms with E-state index < -0.39 is 7.12 Å². The fourth-order valence-corrected chi connectivity index (χ4v) is 2.88. The summed E-state index contributed by atoms with van der Waals surface area (Å²) < 4.78 is 5.37.